The van der Waals surface area contributed by atoms with Crippen LogP contribution in [0.4, 0.5) is 17.3 Å². The van der Waals surface area contributed by atoms with Gasteiger partial charge in [-0.15, -0.1) is 0 Å². The molecule has 1 aromatic heterocycles. The van der Waals surface area contributed by atoms with Crippen LogP contribution in [0.5, 0.6) is 5.75 Å². The topological polar surface area (TPSA) is 76.1 Å². The quantitative estimate of drug-likeness (QED) is 0.752. The largest absolute Gasteiger partial charge is 0.497 e. The van der Waals surface area contributed by atoms with Gasteiger partial charge in [0.25, 0.3) is 5.91 Å². The van der Waals surface area contributed by atoms with Crippen molar-refractivity contribution < 1.29 is 9.53 Å². The van der Waals surface area contributed by atoms with Gasteiger partial charge in [-0.05, 0) is 36.4 Å². The van der Waals surface area contributed by atoms with Gasteiger partial charge in [0.15, 0.2) is 0 Å². The molecule has 3 rings (SSSR count). The number of hydrogen-bond donors (Lipinski definition) is 2. The average molecular weight is 320 g/mol. The summed E-state index contributed by atoms with van der Waals surface area (Å²) >= 11 is 0. The third-order valence-corrected chi connectivity index (χ3v) is 3.31. The van der Waals surface area contributed by atoms with Gasteiger partial charge in [-0.3, -0.25) is 4.79 Å². The summed E-state index contributed by atoms with van der Waals surface area (Å²) in [5.74, 6) is 1.57. The maximum Gasteiger partial charge on any atom is 0.256 e. The fraction of sp³-hybridized carbons (Fsp3) is 0.0556. The van der Waals surface area contributed by atoms with Gasteiger partial charge in [-0.2, -0.15) is 0 Å². The maximum atomic E-state index is 12.1. The van der Waals surface area contributed by atoms with Crippen LogP contribution < -0.4 is 15.4 Å². The molecule has 0 aliphatic heterocycles. The zero-order valence-electron chi connectivity index (χ0n) is 13.1. The molecule has 0 atom stereocenters. The van der Waals surface area contributed by atoms with Crippen LogP contribution in [0.1, 0.15) is 10.4 Å². The number of nitrogens with one attached hydrogen (secondary N) is 2. The molecule has 1 amide bonds. The van der Waals surface area contributed by atoms with Crippen LogP contribution in [0.2, 0.25) is 0 Å². The van der Waals surface area contributed by atoms with Gasteiger partial charge in [-0.1, -0.05) is 18.2 Å². The van der Waals surface area contributed by atoms with Crippen molar-refractivity contribution in [3.05, 3.63) is 72.6 Å². The minimum atomic E-state index is -0.218. The molecule has 0 unspecified atom stereocenters. The van der Waals surface area contributed by atoms with Crippen molar-refractivity contribution >= 4 is 23.2 Å². The standard InChI is InChI=1S/C18H16N4O2/c1-24-15-9-7-14(8-10-15)21-16-11-17(20-12-19-16)22-18(23)13-5-3-2-4-6-13/h2-12H,1H3,(H2,19,20,21,22,23). The number of carbonyl (C=O) groups is 1. The lowest BCUT2D eigenvalue weighted by molar-refractivity contribution is 0.102. The Morgan fingerprint density at radius 2 is 1.67 bits per heavy atom. The van der Waals surface area contributed by atoms with Gasteiger partial charge in [0.05, 0.1) is 7.11 Å². The molecule has 0 saturated carbocycles. The molecule has 120 valence electrons. The zero-order valence-corrected chi connectivity index (χ0v) is 13.1. The first kappa shape index (κ1) is 15.5. The molecule has 1 heterocycles. The second kappa shape index (κ2) is 7.23. The van der Waals surface area contributed by atoms with Crippen molar-refractivity contribution in [1.82, 2.24) is 9.97 Å². The van der Waals surface area contributed by atoms with Crippen molar-refractivity contribution in [2.75, 3.05) is 17.7 Å². The number of amides is 1. The Hall–Kier alpha value is -3.41. The summed E-state index contributed by atoms with van der Waals surface area (Å²) in [6.45, 7) is 0. The van der Waals surface area contributed by atoms with E-state index in [9.17, 15) is 4.79 Å². The first-order valence-corrected chi connectivity index (χ1v) is 7.34. The Morgan fingerprint density at radius 1 is 0.958 bits per heavy atom. The van der Waals surface area contributed by atoms with Crippen LogP contribution in [0, 0.1) is 0 Å². The zero-order chi connectivity index (χ0) is 16.8. The van der Waals surface area contributed by atoms with Crippen molar-refractivity contribution in [2.45, 2.75) is 0 Å². The minimum Gasteiger partial charge on any atom is -0.497 e. The maximum absolute atomic E-state index is 12.1. The molecule has 0 aliphatic carbocycles. The first-order valence-electron chi connectivity index (χ1n) is 7.34. The molecule has 0 aliphatic rings. The van der Waals surface area contributed by atoms with E-state index in [4.69, 9.17) is 4.74 Å². The summed E-state index contributed by atoms with van der Waals surface area (Å²) in [4.78, 5) is 20.4. The number of benzene rings is 2. The predicted molar refractivity (Wildman–Crippen MR) is 92.7 cm³/mol. The average Bonchev–Trinajstić information content (AvgIpc) is 2.63. The minimum absolute atomic E-state index is 0.218. The number of anilines is 3. The van der Waals surface area contributed by atoms with Gasteiger partial charge in [0.2, 0.25) is 0 Å². The molecule has 0 spiro atoms. The lowest BCUT2D eigenvalue weighted by atomic mass is 10.2. The fourth-order valence-electron chi connectivity index (χ4n) is 2.09. The Kier molecular flexibility index (Phi) is 4.67. The van der Waals surface area contributed by atoms with Gasteiger partial charge >= 0.3 is 0 Å². The van der Waals surface area contributed by atoms with E-state index >= 15 is 0 Å². The van der Waals surface area contributed by atoms with Crippen molar-refractivity contribution in [1.29, 1.82) is 0 Å². The highest BCUT2D eigenvalue weighted by atomic mass is 16.5. The molecule has 2 N–H and O–H groups in total. The number of ether oxygens (including phenoxy) is 1. The SMILES string of the molecule is COc1ccc(Nc2cc(NC(=O)c3ccccc3)ncn2)cc1. The highest BCUT2D eigenvalue weighted by molar-refractivity contribution is 6.03. The van der Waals surface area contributed by atoms with E-state index in [1.165, 1.54) is 6.33 Å². The molecule has 6 nitrogen and oxygen atoms in total. The smallest absolute Gasteiger partial charge is 0.256 e. The van der Waals surface area contributed by atoms with E-state index in [2.05, 4.69) is 20.6 Å². The Labute approximate surface area is 139 Å². The Bertz CT molecular complexity index is 820. The molecule has 0 saturated heterocycles. The van der Waals surface area contributed by atoms with Crippen LogP contribution in [0.3, 0.4) is 0 Å². The number of nitrogens with zero attached hydrogens (tertiary/aromatic N) is 2. The van der Waals surface area contributed by atoms with E-state index in [0.29, 0.717) is 17.2 Å². The van der Waals surface area contributed by atoms with E-state index in [1.54, 1.807) is 25.3 Å². The van der Waals surface area contributed by atoms with E-state index in [1.807, 2.05) is 42.5 Å². The van der Waals surface area contributed by atoms with Crippen LogP contribution in [-0.4, -0.2) is 23.0 Å². The summed E-state index contributed by atoms with van der Waals surface area (Å²) in [5, 5.41) is 5.90. The number of methoxy groups -OCH3 is 1. The fourth-order valence-corrected chi connectivity index (χ4v) is 2.09. The van der Waals surface area contributed by atoms with Crippen molar-refractivity contribution in [3.8, 4) is 5.75 Å². The molecule has 6 heteroatoms. The number of rotatable bonds is 5. The highest BCUT2D eigenvalue weighted by Crippen LogP contribution is 2.19. The second-order valence-corrected chi connectivity index (χ2v) is 4.96. The molecule has 24 heavy (non-hydrogen) atoms. The van der Waals surface area contributed by atoms with Crippen molar-refractivity contribution in [3.63, 3.8) is 0 Å². The third-order valence-electron chi connectivity index (χ3n) is 3.31. The molecular formula is C18H16N4O2. The monoisotopic (exact) mass is 320 g/mol. The normalized spacial score (nSPS) is 10.0. The molecule has 0 radical (unpaired) electrons. The number of carbonyl (C=O) groups excluding carboxylic acids is 1. The van der Waals surface area contributed by atoms with Crippen LogP contribution in [-0.2, 0) is 0 Å². The van der Waals surface area contributed by atoms with Crippen LogP contribution in [0.15, 0.2) is 67.0 Å². The van der Waals surface area contributed by atoms with Crippen LogP contribution in [0.25, 0.3) is 0 Å². The summed E-state index contributed by atoms with van der Waals surface area (Å²) in [7, 11) is 1.62. The van der Waals surface area contributed by atoms with E-state index < -0.39 is 0 Å². The molecular weight excluding hydrogens is 304 g/mol. The van der Waals surface area contributed by atoms with E-state index in [0.717, 1.165) is 11.4 Å². The van der Waals surface area contributed by atoms with Crippen LogP contribution >= 0.6 is 0 Å². The predicted octanol–water partition coefficient (Wildman–Crippen LogP) is 3.48. The third kappa shape index (κ3) is 3.86. The van der Waals surface area contributed by atoms with Gasteiger partial charge in [0, 0.05) is 17.3 Å². The molecule has 0 fully saturated rings. The summed E-state index contributed by atoms with van der Waals surface area (Å²) in [5.41, 5.74) is 1.43. The summed E-state index contributed by atoms with van der Waals surface area (Å²) in [6.07, 6.45) is 1.40. The van der Waals surface area contributed by atoms with Gasteiger partial charge < -0.3 is 15.4 Å². The molecule has 3 aromatic rings. The lowest BCUT2D eigenvalue weighted by Crippen LogP contribution is -2.13. The Morgan fingerprint density at radius 3 is 2.38 bits per heavy atom. The Balaban J connectivity index is 1.70. The van der Waals surface area contributed by atoms with E-state index in [-0.39, 0.29) is 5.91 Å². The first-order chi connectivity index (χ1) is 11.7. The second-order valence-electron chi connectivity index (χ2n) is 4.96. The summed E-state index contributed by atoms with van der Waals surface area (Å²) < 4.78 is 5.12. The van der Waals surface area contributed by atoms with Crippen molar-refractivity contribution in [2.24, 2.45) is 0 Å². The number of aromatic nitrogens is 2. The molecule has 0 bridgehead atoms. The lowest BCUT2D eigenvalue weighted by Gasteiger charge is -2.08. The summed E-state index contributed by atoms with van der Waals surface area (Å²) in [6, 6.07) is 18.1. The molecule has 2 aromatic carbocycles. The number of hydrogen-bond acceptors (Lipinski definition) is 5. The highest BCUT2D eigenvalue weighted by Gasteiger charge is 2.07. The van der Waals surface area contributed by atoms with Gasteiger partial charge in [-0.25, -0.2) is 9.97 Å². The van der Waals surface area contributed by atoms with Gasteiger partial charge in [0.1, 0.15) is 23.7 Å².